The van der Waals surface area contributed by atoms with E-state index in [1.807, 2.05) is 54.0 Å². The number of pyridine rings is 1. The first-order valence-corrected chi connectivity index (χ1v) is 12.7. The molecule has 196 valence electrons. The summed E-state index contributed by atoms with van der Waals surface area (Å²) in [6.07, 6.45) is 2.56. The zero-order valence-corrected chi connectivity index (χ0v) is 21.9. The predicted octanol–water partition coefficient (Wildman–Crippen LogP) is 5.16. The van der Waals surface area contributed by atoms with Crippen LogP contribution in [0.1, 0.15) is 29.5 Å². The molecule has 0 saturated heterocycles. The highest BCUT2D eigenvalue weighted by Gasteiger charge is 2.27. The molecule has 10 nitrogen and oxygen atoms in total. The van der Waals surface area contributed by atoms with Crippen LogP contribution in [0.2, 0.25) is 5.02 Å². The van der Waals surface area contributed by atoms with Gasteiger partial charge in [0.25, 0.3) is 5.56 Å². The second-order valence-corrected chi connectivity index (χ2v) is 9.81. The van der Waals surface area contributed by atoms with Crippen molar-refractivity contribution in [2.75, 3.05) is 12.4 Å². The molecule has 4 heterocycles. The molecule has 0 radical (unpaired) electrons. The molecule has 0 unspecified atom stereocenters. The number of rotatable bonds is 5. The number of carbonyl (C=O) groups is 1. The zero-order chi connectivity index (χ0) is 27.1. The van der Waals surface area contributed by atoms with E-state index in [1.165, 1.54) is 13.4 Å². The van der Waals surface area contributed by atoms with Crippen molar-refractivity contribution >= 4 is 23.4 Å². The first-order valence-electron chi connectivity index (χ1n) is 12.3. The molecular weight excluding hydrogens is 518 g/mol. The molecule has 5 aromatic rings. The Morgan fingerprint density at radius 3 is 2.64 bits per heavy atom. The van der Waals surface area contributed by atoms with Gasteiger partial charge in [-0.1, -0.05) is 23.7 Å². The molecule has 1 atom stereocenters. The van der Waals surface area contributed by atoms with Crippen LogP contribution in [0, 0.1) is 6.92 Å². The summed E-state index contributed by atoms with van der Waals surface area (Å²) in [6, 6.07) is 18.7. The third-order valence-electron chi connectivity index (χ3n) is 7.02. The lowest BCUT2D eigenvalue weighted by Gasteiger charge is -2.15. The Balaban J connectivity index is 1.33. The van der Waals surface area contributed by atoms with Crippen LogP contribution in [-0.2, 0) is 11.2 Å². The van der Waals surface area contributed by atoms with E-state index < -0.39 is 6.09 Å². The number of ether oxygens (including phenoxy) is 1. The fourth-order valence-electron chi connectivity index (χ4n) is 5.22. The molecule has 0 saturated carbocycles. The summed E-state index contributed by atoms with van der Waals surface area (Å²) in [5.41, 5.74) is 7.82. The van der Waals surface area contributed by atoms with Gasteiger partial charge in [0, 0.05) is 45.0 Å². The Hall–Kier alpha value is -4.70. The molecular formula is C28H24ClN7O3. The van der Waals surface area contributed by atoms with E-state index >= 15 is 0 Å². The number of nitrogens with one attached hydrogen (secondary N) is 2. The number of hydrogen-bond acceptors (Lipinski definition) is 6. The monoisotopic (exact) mass is 541 g/mol. The van der Waals surface area contributed by atoms with E-state index in [0.717, 1.165) is 57.9 Å². The predicted molar refractivity (Wildman–Crippen MR) is 147 cm³/mol. The summed E-state index contributed by atoms with van der Waals surface area (Å²) in [7, 11) is 1.33. The zero-order valence-electron chi connectivity index (χ0n) is 21.2. The van der Waals surface area contributed by atoms with Crippen LogP contribution in [0.5, 0.6) is 0 Å². The first kappa shape index (κ1) is 24.6. The van der Waals surface area contributed by atoms with E-state index in [-0.39, 0.29) is 11.6 Å². The van der Waals surface area contributed by atoms with Gasteiger partial charge in [-0.2, -0.15) is 4.68 Å². The minimum absolute atomic E-state index is 0.0836. The molecule has 6 rings (SSSR count). The fourth-order valence-corrected chi connectivity index (χ4v) is 5.39. The second kappa shape index (κ2) is 9.88. The number of tetrazole rings is 1. The van der Waals surface area contributed by atoms with E-state index in [0.29, 0.717) is 10.7 Å². The van der Waals surface area contributed by atoms with E-state index in [9.17, 15) is 9.59 Å². The van der Waals surface area contributed by atoms with Crippen molar-refractivity contribution in [3.63, 3.8) is 0 Å². The number of benzene rings is 2. The van der Waals surface area contributed by atoms with Gasteiger partial charge in [0.1, 0.15) is 6.33 Å². The van der Waals surface area contributed by atoms with Gasteiger partial charge in [-0.3, -0.25) is 10.1 Å². The second-order valence-electron chi connectivity index (χ2n) is 9.37. The molecule has 0 bridgehead atoms. The largest absolute Gasteiger partial charge is 0.453 e. The van der Waals surface area contributed by atoms with Gasteiger partial charge in [0.15, 0.2) is 0 Å². The highest BCUT2D eigenvalue weighted by Crippen LogP contribution is 2.36. The van der Waals surface area contributed by atoms with Crippen molar-refractivity contribution in [1.82, 2.24) is 29.8 Å². The van der Waals surface area contributed by atoms with Crippen molar-refractivity contribution in [2.45, 2.75) is 25.8 Å². The number of aryl methyl sites for hydroxylation is 2. The molecule has 0 spiro atoms. The Morgan fingerprint density at radius 2 is 1.90 bits per heavy atom. The van der Waals surface area contributed by atoms with Crippen LogP contribution in [-0.4, -0.2) is 43.0 Å². The highest BCUT2D eigenvalue weighted by molar-refractivity contribution is 6.31. The quantitative estimate of drug-likeness (QED) is 0.317. The van der Waals surface area contributed by atoms with E-state index in [2.05, 4.69) is 36.6 Å². The van der Waals surface area contributed by atoms with Crippen molar-refractivity contribution in [3.8, 4) is 27.9 Å². The lowest BCUT2D eigenvalue weighted by Crippen LogP contribution is -2.23. The van der Waals surface area contributed by atoms with Gasteiger partial charge < -0.3 is 14.3 Å². The lowest BCUT2D eigenvalue weighted by atomic mass is 10.0. The Morgan fingerprint density at radius 1 is 1.08 bits per heavy atom. The van der Waals surface area contributed by atoms with Crippen molar-refractivity contribution < 1.29 is 9.53 Å². The van der Waals surface area contributed by atoms with Crippen LogP contribution in [0.25, 0.3) is 27.9 Å². The van der Waals surface area contributed by atoms with Crippen LogP contribution in [0.4, 0.5) is 10.5 Å². The van der Waals surface area contributed by atoms with Crippen LogP contribution in [0.3, 0.4) is 0 Å². The van der Waals surface area contributed by atoms with Crippen molar-refractivity contribution in [2.24, 2.45) is 0 Å². The summed E-state index contributed by atoms with van der Waals surface area (Å²) >= 11 is 6.32. The van der Waals surface area contributed by atoms with Crippen LogP contribution >= 0.6 is 11.6 Å². The van der Waals surface area contributed by atoms with E-state index in [1.54, 1.807) is 16.8 Å². The first-order chi connectivity index (χ1) is 18.9. The lowest BCUT2D eigenvalue weighted by molar-refractivity contribution is 0.187. The number of fused-ring (bicyclic) bond motifs is 1. The fraction of sp³-hybridized carbons (Fsp3) is 0.179. The number of halogens is 1. The normalized spacial score (nSPS) is 14.3. The number of anilines is 1. The molecule has 2 N–H and O–H groups in total. The maximum atomic E-state index is 13.5. The summed E-state index contributed by atoms with van der Waals surface area (Å²) in [4.78, 5) is 28.5. The SMILES string of the molecule is COC(=O)Nc1ccc(-c2cc([C@@H]3CCc4cc(-c5cc(Cl)ccc5-n5cnnn5)cc(=O)n43)[nH]c2C)cc1. The summed E-state index contributed by atoms with van der Waals surface area (Å²) < 4.78 is 8.07. The maximum Gasteiger partial charge on any atom is 0.411 e. The summed E-state index contributed by atoms with van der Waals surface area (Å²) in [5, 5.41) is 14.7. The summed E-state index contributed by atoms with van der Waals surface area (Å²) in [5.74, 6) is 0. The smallest absolute Gasteiger partial charge is 0.411 e. The number of nitrogens with zero attached hydrogens (tertiary/aromatic N) is 5. The Bertz CT molecular complexity index is 1740. The van der Waals surface area contributed by atoms with Crippen molar-refractivity contribution in [3.05, 3.63) is 99.4 Å². The maximum absolute atomic E-state index is 13.5. The number of carbonyl (C=O) groups excluding carboxylic acids is 1. The minimum atomic E-state index is -0.515. The third kappa shape index (κ3) is 4.59. The molecule has 0 fully saturated rings. The van der Waals surface area contributed by atoms with Crippen LogP contribution < -0.4 is 10.9 Å². The molecule has 11 heteroatoms. The molecule has 1 aliphatic heterocycles. The Labute approximate surface area is 228 Å². The van der Waals surface area contributed by atoms with Gasteiger partial charge in [-0.15, -0.1) is 5.10 Å². The number of aromatic nitrogens is 6. The molecule has 0 aliphatic carbocycles. The standard InChI is InChI=1S/C28H24ClN7O3/c1-16-22(17-3-6-20(7-4-17)32-28(38)39-2)14-24(31-16)26-10-8-21-11-18(12-27(37)36(21)26)23-13-19(29)5-9-25(23)35-15-30-33-34-35/h3-7,9,11-15,26,31H,8,10H2,1-2H3,(H,32,38)/t26-/m0/s1. The molecule has 1 amide bonds. The van der Waals surface area contributed by atoms with Gasteiger partial charge in [-0.05, 0) is 83.8 Å². The molecule has 2 aromatic carbocycles. The number of hydrogen-bond donors (Lipinski definition) is 2. The number of amides is 1. The van der Waals surface area contributed by atoms with Gasteiger partial charge in [0.2, 0.25) is 0 Å². The van der Waals surface area contributed by atoms with Crippen molar-refractivity contribution in [1.29, 1.82) is 0 Å². The molecule has 3 aromatic heterocycles. The third-order valence-corrected chi connectivity index (χ3v) is 7.26. The number of H-pyrrole nitrogens is 1. The van der Waals surface area contributed by atoms with Gasteiger partial charge in [0.05, 0.1) is 18.8 Å². The Kier molecular flexibility index (Phi) is 6.24. The topological polar surface area (TPSA) is 120 Å². The summed E-state index contributed by atoms with van der Waals surface area (Å²) in [6.45, 7) is 2.01. The average Bonchev–Trinajstić information content (AvgIpc) is 3.69. The minimum Gasteiger partial charge on any atom is -0.453 e. The average molecular weight is 542 g/mol. The van der Waals surface area contributed by atoms with E-state index in [4.69, 9.17) is 11.6 Å². The number of methoxy groups -OCH3 is 1. The highest BCUT2D eigenvalue weighted by atomic mass is 35.5. The van der Waals surface area contributed by atoms with Gasteiger partial charge in [-0.25, -0.2) is 4.79 Å². The van der Waals surface area contributed by atoms with Gasteiger partial charge >= 0.3 is 6.09 Å². The molecule has 39 heavy (non-hydrogen) atoms. The van der Waals surface area contributed by atoms with Crippen LogP contribution in [0.15, 0.2) is 71.8 Å². The number of aromatic amines is 1. The molecule has 1 aliphatic rings.